The number of anilines is 2. The molecule has 1 atom stereocenters. The van der Waals surface area contributed by atoms with Crippen molar-refractivity contribution in [2.75, 3.05) is 30.1 Å². The van der Waals surface area contributed by atoms with E-state index < -0.39 is 0 Å². The van der Waals surface area contributed by atoms with Crippen LogP contribution in [-0.2, 0) is 4.79 Å². The monoisotopic (exact) mass is 387 g/mol. The van der Waals surface area contributed by atoms with Gasteiger partial charge in [-0.15, -0.1) is 0 Å². The molecule has 1 fully saturated rings. The summed E-state index contributed by atoms with van der Waals surface area (Å²) in [4.78, 5) is 26.1. The predicted molar refractivity (Wildman–Crippen MR) is 101 cm³/mol. The zero-order valence-corrected chi connectivity index (χ0v) is 15.2. The van der Waals surface area contributed by atoms with Gasteiger partial charge in [-0.25, -0.2) is 4.79 Å². The molecule has 27 heavy (non-hydrogen) atoms. The largest absolute Gasteiger partial charge is 0.454 e. The number of hydrogen-bond acceptors (Lipinski definition) is 4. The van der Waals surface area contributed by atoms with Crippen molar-refractivity contribution >= 4 is 34.9 Å². The summed E-state index contributed by atoms with van der Waals surface area (Å²) in [6.45, 7) is 1.14. The average Bonchev–Trinajstić information content (AvgIpc) is 3.25. The van der Waals surface area contributed by atoms with Gasteiger partial charge in [0.15, 0.2) is 11.5 Å². The number of amides is 3. The number of carbonyl (C=O) groups excluding carboxylic acids is 2. The molecule has 2 aromatic rings. The molecular weight excluding hydrogens is 370 g/mol. The van der Waals surface area contributed by atoms with Gasteiger partial charge in [-0.3, -0.25) is 4.79 Å². The summed E-state index contributed by atoms with van der Waals surface area (Å²) in [6, 6.07) is 12.0. The van der Waals surface area contributed by atoms with Crippen LogP contribution in [0, 0.1) is 5.92 Å². The number of carbonyl (C=O) groups is 2. The summed E-state index contributed by atoms with van der Waals surface area (Å²) < 4.78 is 10.7. The van der Waals surface area contributed by atoms with E-state index in [9.17, 15) is 9.59 Å². The third-order valence-electron chi connectivity index (χ3n) is 4.51. The van der Waals surface area contributed by atoms with Crippen molar-refractivity contribution in [2.45, 2.75) is 6.42 Å². The molecule has 7 nitrogen and oxygen atoms in total. The Morgan fingerprint density at radius 2 is 2.04 bits per heavy atom. The van der Waals surface area contributed by atoms with Crippen LogP contribution in [0.15, 0.2) is 42.5 Å². The topological polar surface area (TPSA) is 79.9 Å². The van der Waals surface area contributed by atoms with E-state index in [1.54, 1.807) is 35.2 Å². The van der Waals surface area contributed by atoms with E-state index in [4.69, 9.17) is 21.1 Å². The van der Waals surface area contributed by atoms with E-state index >= 15 is 0 Å². The van der Waals surface area contributed by atoms with Crippen LogP contribution in [0.2, 0.25) is 5.02 Å². The van der Waals surface area contributed by atoms with Gasteiger partial charge in [0.1, 0.15) is 0 Å². The molecular formula is C19H18ClN3O4. The maximum Gasteiger partial charge on any atom is 0.319 e. The molecule has 1 saturated heterocycles. The number of rotatable bonds is 4. The number of nitrogens with one attached hydrogen (secondary N) is 2. The molecule has 2 aliphatic heterocycles. The van der Waals surface area contributed by atoms with Crippen molar-refractivity contribution in [1.82, 2.24) is 5.32 Å². The summed E-state index contributed by atoms with van der Waals surface area (Å²) in [7, 11) is 0. The molecule has 0 aliphatic carbocycles. The lowest BCUT2D eigenvalue weighted by molar-refractivity contribution is -0.117. The standard InChI is InChI=1S/C19H18ClN3O4/c20-13-2-1-3-14(7-13)22-19(25)21-9-12-6-18(24)23(10-12)15-4-5-16-17(8-15)27-11-26-16/h1-5,7-8,12H,6,9-11H2,(H2,21,22,25)/t12-/m1/s1. The second-order valence-electron chi connectivity index (χ2n) is 6.46. The smallest absolute Gasteiger partial charge is 0.319 e. The van der Waals surface area contributed by atoms with Gasteiger partial charge in [0, 0.05) is 47.9 Å². The second kappa shape index (κ2) is 7.36. The molecule has 3 amide bonds. The molecule has 0 unspecified atom stereocenters. The highest BCUT2D eigenvalue weighted by atomic mass is 35.5. The first-order valence-corrected chi connectivity index (χ1v) is 8.97. The van der Waals surface area contributed by atoms with Crippen molar-refractivity contribution in [3.8, 4) is 11.5 Å². The number of fused-ring (bicyclic) bond motifs is 1. The number of halogens is 1. The van der Waals surface area contributed by atoms with Crippen LogP contribution in [0.5, 0.6) is 11.5 Å². The fraction of sp³-hybridized carbons (Fsp3) is 0.263. The molecule has 0 spiro atoms. The maximum absolute atomic E-state index is 12.4. The minimum Gasteiger partial charge on any atom is -0.454 e. The van der Waals surface area contributed by atoms with Crippen LogP contribution in [-0.4, -0.2) is 31.8 Å². The number of hydrogen-bond donors (Lipinski definition) is 2. The minimum absolute atomic E-state index is 0.0240. The number of ether oxygens (including phenoxy) is 2. The molecule has 2 N–H and O–H groups in total. The summed E-state index contributed by atoms with van der Waals surface area (Å²) in [5.41, 5.74) is 1.39. The van der Waals surface area contributed by atoms with Crippen molar-refractivity contribution < 1.29 is 19.1 Å². The zero-order valence-electron chi connectivity index (χ0n) is 14.4. The Labute approximate surface area is 161 Å². The highest BCUT2D eigenvalue weighted by Crippen LogP contribution is 2.37. The molecule has 2 aromatic carbocycles. The van der Waals surface area contributed by atoms with E-state index in [1.807, 2.05) is 12.1 Å². The fourth-order valence-electron chi connectivity index (χ4n) is 3.20. The molecule has 0 bridgehead atoms. The lowest BCUT2D eigenvalue weighted by Gasteiger charge is -2.17. The van der Waals surface area contributed by atoms with E-state index in [0.717, 1.165) is 5.69 Å². The lowest BCUT2D eigenvalue weighted by atomic mass is 10.1. The Balaban J connectivity index is 1.32. The van der Waals surface area contributed by atoms with Gasteiger partial charge in [0.2, 0.25) is 12.7 Å². The maximum atomic E-state index is 12.4. The SMILES string of the molecule is O=C(NC[C@H]1CC(=O)N(c2ccc3c(c2)OCO3)C1)Nc1cccc(Cl)c1. The van der Waals surface area contributed by atoms with Crippen LogP contribution >= 0.6 is 11.6 Å². The van der Waals surface area contributed by atoms with Crippen molar-refractivity contribution in [1.29, 1.82) is 0 Å². The Bertz CT molecular complexity index is 889. The third kappa shape index (κ3) is 3.93. The van der Waals surface area contributed by atoms with Crippen molar-refractivity contribution in [3.05, 3.63) is 47.5 Å². The summed E-state index contributed by atoms with van der Waals surface area (Å²) in [5, 5.41) is 6.09. The quantitative estimate of drug-likeness (QED) is 0.844. The van der Waals surface area contributed by atoms with Crippen LogP contribution < -0.4 is 25.0 Å². The molecule has 0 aromatic heterocycles. The number of benzene rings is 2. The van der Waals surface area contributed by atoms with Crippen LogP contribution in [0.4, 0.5) is 16.2 Å². The molecule has 2 aliphatic rings. The van der Waals surface area contributed by atoms with Crippen molar-refractivity contribution in [2.24, 2.45) is 5.92 Å². The second-order valence-corrected chi connectivity index (χ2v) is 6.89. The van der Waals surface area contributed by atoms with Crippen molar-refractivity contribution in [3.63, 3.8) is 0 Å². The Morgan fingerprint density at radius 1 is 1.19 bits per heavy atom. The molecule has 0 saturated carbocycles. The highest BCUT2D eigenvalue weighted by Gasteiger charge is 2.31. The highest BCUT2D eigenvalue weighted by molar-refractivity contribution is 6.30. The van der Waals surface area contributed by atoms with Crippen LogP contribution in [0.3, 0.4) is 0 Å². The van der Waals surface area contributed by atoms with Gasteiger partial charge in [-0.2, -0.15) is 0 Å². The van der Waals surface area contributed by atoms with Crippen LogP contribution in [0.1, 0.15) is 6.42 Å². The Morgan fingerprint density at radius 3 is 2.89 bits per heavy atom. The number of nitrogens with zero attached hydrogens (tertiary/aromatic N) is 1. The Hall–Kier alpha value is -2.93. The third-order valence-corrected chi connectivity index (χ3v) is 4.74. The lowest BCUT2D eigenvalue weighted by Crippen LogP contribution is -2.34. The fourth-order valence-corrected chi connectivity index (χ4v) is 3.39. The molecule has 0 radical (unpaired) electrons. The Kier molecular flexibility index (Phi) is 4.77. The number of urea groups is 1. The molecule has 8 heteroatoms. The first kappa shape index (κ1) is 17.5. The van der Waals surface area contributed by atoms with E-state index in [2.05, 4.69) is 10.6 Å². The van der Waals surface area contributed by atoms with E-state index in [1.165, 1.54) is 0 Å². The van der Waals surface area contributed by atoms with Gasteiger partial charge >= 0.3 is 6.03 Å². The summed E-state index contributed by atoms with van der Waals surface area (Å²) >= 11 is 5.90. The summed E-state index contributed by atoms with van der Waals surface area (Å²) in [5.74, 6) is 1.38. The van der Waals surface area contributed by atoms with Gasteiger partial charge in [-0.1, -0.05) is 17.7 Å². The molecule has 4 rings (SSSR count). The first-order chi connectivity index (χ1) is 13.1. The first-order valence-electron chi connectivity index (χ1n) is 8.59. The summed E-state index contributed by atoms with van der Waals surface area (Å²) in [6.07, 6.45) is 0.381. The normalized spacial score (nSPS) is 17.9. The van der Waals surface area contributed by atoms with Gasteiger partial charge in [0.25, 0.3) is 0 Å². The zero-order chi connectivity index (χ0) is 18.8. The predicted octanol–water partition coefficient (Wildman–Crippen LogP) is 3.24. The molecule has 2 heterocycles. The van der Waals surface area contributed by atoms with Gasteiger partial charge < -0.3 is 25.0 Å². The van der Waals surface area contributed by atoms with E-state index in [0.29, 0.717) is 41.7 Å². The minimum atomic E-state index is -0.328. The average molecular weight is 388 g/mol. The van der Waals surface area contributed by atoms with E-state index in [-0.39, 0.29) is 24.6 Å². The van der Waals surface area contributed by atoms with Gasteiger partial charge in [0.05, 0.1) is 0 Å². The molecule has 140 valence electrons. The van der Waals surface area contributed by atoms with Crippen LogP contribution in [0.25, 0.3) is 0 Å². The van der Waals surface area contributed by atoms with Gasteiger partial charge in [-0.05, 0) is 30.3 Å².